The van der Waals surface area contributed by atoms with Gasteiger partial charge in [0, 0.05) is 26.6 Å². The van der Waals surface area contributed by atoms with Gasteiger partial charge in [-0.2, -0.15) is 0 Å². The van der Waals surface area contributed by atoms with Crippen molar-refractivity contribution >= 4 is 5.91 Å². The second kappa shape index (κ2) is 4.66. The maximum atomic E-state index is 11.6. The van der Waals surface area contributed by atoms with Gasteiger partial charge in [0.2, 0.25) is 5.91 Å². The van der Waals surface area contributed by atoms with E-state index in [1.807, 2.05) is 23.1 Å². The Morgan fingerprint density at radius 1 is 1.25 bits per heavy atom. The zero-order chi connectivity index (χ0) is 11.5. The molecule has 0 aliphatic carbocycles. The molecule has 0 saturated carbocycles. The molecule has 0 spiro atoms. The molecule has 16 heavy (non-hydrogen) atoms. The summed E-state index contributed by atoms with van der Waals surface area (Å²) in [4.78, 5) is 15.8. The normalized spacial score (nSPS) is 22.1. The van der Waals surface area contributed by atoms with Crippen LogP contribution >= 0.6 is 0 Å². The summed E-state index contributed by atoms with van der Waals surface area (Å²) in [6, 6.07) is 10.5. The first kappa shape index (κ1) is 11.1. The smallest absolute Gasteiger partial charge is 0.220 e. The molecule has 0 unspecified atom stereocenters. The number of hydrogen-bond donors (Lipinski definition) is 0. The molecule has 1 aliphatic heterocycles. The molecule has 1 fully saturated rings. The fourth-order valence-electron chi connectivity index (χ4n) is 2.26. The van der Waals surface area contributed by atoms with Crippen LogP contribution in [0, 0.1) is 0 Å². The van der Waals surface area contributed by atoms with Gasteiger partial charge in [-0.25, -0.2) is 0 Å². The predicted octanol–water partition coefficient (Wildman–Crippen LogP) is 1.52. The average molecular weight is 218 g/mol. The third kappa shape index (κ3) is 2.25. The van der Waals surface area contributed by atoms with Gasteiger partial charge in [-0.05, 0) is 12.6 Å². The van der Waals surface area contributed by atoms with Crippen LogP contribution < -0.4 is 0 Å². The minimum Gasteiger partial charge on any atom is -0.333 e. The van der Waals surface area contributed by atoms with Crippen LogP contribution in [0.5, 0.6) is 0 Å². The van der Waals surface area contributed by atoms with E-state index in [1.165, 1.54) is 5.56 Å². The third-order valence-electron chi connectivity index (χ3n) is 3.17. The van der Waals surface area contributed by atoms with Crippen molar-refractivity contribution in [2.45, 2.75) is 13.0 Å². The first-order chi connectivity index (χ1) is 7.68. The summed E-state index contributed by atoms with van der Waals surface area (Å²) in [5.74, 6) is 0.168. The highest BCUT2D eigenvalue weighted by molar-refractivity contribution is 5.74. The lowest BCUT2D eigenvalue weighted by Gasteiger charge is -2.39. The lowest BCUT2D eigenvalue weighted by molar-refractivity contribution is -0.133. The molecule has 0 aromatic heterocycles. The molecule has 1 aliphatic rings. The lowest BCUT2D eigenvalue weighted by atomic mass is 10.0. The maximum absolute atomic E-state index is 11.6. The van der Waals surface area contributed by atoms with Crippen molar-refractivity contribution in [3.63, 3.8) is 0 Å². The molecule has 1 heterocycles. The highest BCUT2D eigenvalue weighted by atomic mass is 16.2. The van der Waals surface area contributed by atoms with Crippen molar-refractivity contribution in [3.8, 4) is 0 Å². The van der Waals surface area contributed by atoms with Crippen molar-refractivity contribution in [1.29, 1.82) is 0 Å². The minimum atomic E-state index is 0.168. The zero-order valence-corrected chi connectivity index (χ0v) is 9.89. The number of carbonyl (C=O) groups excluding carboxylic acids is 1. The standard InChI is InChI=1S/C13H18N2O/c1-11(16)15-9-8-14(2)10-13(15)12-6-4-3-5-7-12/h3-7,13H,8-10H2,1-2H3/t13-/m1/s1. The van der Waals surface area contributed by atoms with Gasteiger partial charge >= 0.3 is 0 Å². The average Bonchev–Trinajstić information content (AvgIpc) is 2.29. The molecule has 3 nitrogen and oxygen atoms in total. The second-order valence-corrected chi connectivity index (χ2v) is 4.40. The molecule has 1 aromatic carbocycles. The van der Waals surface area contributed by atoms with E-state index in [4.69, 9.17) is 0 Å². The maximum Gasteiger partial charge on any atom is 0.220 e. The van der Waals surface area contributed by atoms with Crippen LogP contribution in [0.2, 0.25) is 0 Å². The Balaban J connectivity index is 2.24. The molecule has 2 rings (SSSR count). The summed E-state index contributed by atoms with van der Waals surface area (Å²) < 4.78 is 0. The Morgan fingerprint density at radius 3 is 2.56 bits per heavy atom. The van der Waals surface area contributed by atoms with Crippen LogP contribution in [-0.4, -0.2) is 42.4 Å². The molecule has 86 valence electrons. The van der Waals surface area contributed by atoms with Crippen molar-refractivity contribution in [2.75, 3.05) is 26.7 Å². The van der Waals surface area contributed by atoms with Gasteiger partial charge in [-0.15, -0.1) is 0 Å². The molecule has 1 atom stereocenters. The van der Waals surface area contributed by atoms with Gasteiger partial charge < -0.3 is 9.80 Å². The van der Waals surface area contributed by atoms with Gasteiger partial charge in [-0.1, -0.05) is 30.3 Å². The molecular weight excluding hydrogens is 200 g/mol. The fraction of sp³-hybridized carbons (Fsp3) is 0.462. The number of rotatable bonds is 1. The van der Waals surface area contributed by atoms with Gasteiger partial charge in [0.1, 0.15) is 0 Å². The number of likely N-dealkylation sites (N-methyl/N-ethyl adjacent to an activating group) is 1. The first-order valence-corrected chi connectivity index (χ1v) is 5.69. The number of carbonyl (C=O) groups is 1. The van der Waals surface area contributed by atoms with E-state index in [9.17, 15) is 4.79 Å². The van der Waals surface area contributed by atoms with Gasteiger partial charge in [-0.3, -0.25) is 4.79 Å². The minimum absolute atomic E-state index is 0.168. The SMILES string of the molecule is CC(=O)N1CCN(C)C[C@@H]1c1ccccc1. The monoisotopic (exact) mass is 218 g/mol. The largest absolute Gasteiger partial charge is 0.333 e. The number of piperazine rings is 1. The van der Waals surface area contributed by atoms with Crippen LogP contribution in [0.3, 0.4) is 0 Å². The Morgan fingerprint density at radius 2 is 1.94 bits per heavy atom. The molecule has 1 aromatic rings. The van der Waals surface area contributed by atoms with Gasteiger partial charge in [0.15, 0.2) is 0 Å². The molecule has 3 heteroatoms. The summed E-state index contributed by atoms with van der Waals surface area (Å²) in [5, 5.41) is 0. The van der Waals surface area contributed by atoms with Crippen LogP contribution in [0.1, 0.15) is 18.5 Å². The van der Waals surface area contributed by atoms with E-state index < -0.39 is 0 Å². The summed E-state index contributed by atoms with van der Waals surface area (Å²) in [7, 11) is 2.10. The molecule has 0 N–H and O–H groups in total. The van der Waals surface area contributed by atoms with Crippen LogP contribution in [0.4, 0.5) is 0 Å². The summed E-state index contributed by atoms with van der Waals surface area (Å²) in [6.45, 7) is 4.36. The quantitative estimate of drug-likeness (QED) is 0.713. The molecule has 0 bridgehead atoms. The highest BCUT2D eigenvalue weighted by Gasteiger charge is 2.27. The summed E-state index contributed by atoms with van der Waals surface area (Å²) in [5.41, 5.74) is 1.23. The fourth-order valence-corrected chi connectivity index (χ4v) is 2.26. The van der Waals surface area contributed by atoms with Crippen molar-refractivity contribution in [1.82, 2.24) is 9.80 Å². The zero-order valence-electron chi connectivity index (χ0n) is 9.89. The summed E-state index contributed by atoms with van der Waals surface area (Å²) in [6.07, 6.45) is 0. The Kier molecular flexibility index (Phi) is 3.25. The van der Waals surface area contributed by atoms with E-state index in [-0.39, 0.29) is 11.9 Å². The van der Waals surface area contributed by atoms with Crippen molar-refractivity contribution < 1.29 is 4.79 Å². The van der Waals surface area contributed by atoms with Crippen LogP contribution in [0.15, 0.2) is 30.3 Å². The third-order valence-corrected chi connectivity index (χ3v) is 3.17. The summed E-state index contributed by atoms with van der Waals surface area (Å²) >= 11 is 0. The van der Waals surface area contributed by atoms with Crippen molar-refractivity contribution in [2.24, 2.45) is 0 Å². The van der Waals surface area contributed by atoms with Crippen molar-refractivity contribution in [3.05, 3.63) is 35.9 Å². The van der Waals surface area contributed by atoms with Gasteiger partial charge in [0.25, 0.3) is 0 Å². The molecule has 1 saturated heterocycles. The molecule has 0 radical (unpaired) electrons. The van der Waals surface area contributed by atoms with E-state index in [0.29, 0.717) is 0 Å². The Hall–Kier alpha value is -1.35. The molecule has 1 amide bonds. The first-order valence-electron chi connectivity index (χ1n) is 5.69. The van der Waals surface area contributed by atoms with Crippen LogP contribution in [0.25, 0.3) is 0 Å². The van der Waals surface area contributed by atoms with E-state index >= 15 is 0 Å². The Bertz CT molecular complexity index is 363. The van der Waals surface area contributed by atoms with Crippen LogP contribution in [-0.2, 0) is 4.79 Å². The topological polar surface area (TPSA) is 23.6 Å². The molecular formula is C13H18N2O. The number of hydrogen-bond acceptors (Lipinski definition) is 2. The van der Waals surface area contributed by atoms with Gasteiger partial charge in [0.05, 0.1) is 6.04 Å². The van der Waals surface area contributed by atoms with E-state index in [2.05, 4.69) is 24.1 Å². The number of benzene rings is 1. The highest BCUT2D eigenvalue weighted by Crippen LogP contribution is 2.24. The van der Waals surface area contributed by atoms with E-state index in [1.54, 1.807) is 6.92 Å². The number of amides is 1. The Labute approximate surface area is 96.7 Å². The predicted molar refractivity (Wildman–Crippen MR) is 64.1 cm³/mol. The lowest BCUT2D eigenvalue weighted by Crippen LogP contribution is -2.48. The van der Waals surface area contributed by atoms with E-state index in [0.717, 1.165) is 19.6 Å². The second-order valence-electron chi connectivity index (χ2n) is 4.40. The number of nitrogens with zero attached hydrogens (tertiary/aromatic N) is 2.